The van der Waals surface area contributed by atoms with E-state index in [4.69, 9.17) is 23.2 Å². The third kappa shape index (κ3) is 2.06. The van der Waals surface area contributed by atoms with Crippen LogP contribution in [-0.4, -0.2) is 4.98 Å². The first-order chi connectivity index (χ1) is 6.75. The van der Waals surface area contributed by atoms with E-state index in [1.54, 1.807) is 6.20 Å². The molecule has 0 bridgehead atoms. The minimum atomic E-state index is 0.373. The van der Waals surface area contributed by atoms with Gasteiger partial charge in [-0.05, 0) is 29.3 Å². The molecule has 1 radical (unpaired) electrons. The molecule has 0 atom stereocenters. The van der Waals surface area contributed by atoms with Crippen LogP contribution in [0.25, 0.3) is 11.1 Å². The summed E-state index contributed by atoms with van der Waals surface area (Å²) in [6.07, 6.45) is 1.66. The molecule has 0 spiro atoms. The number of nitrogens with zero attached hydrogens (tertiary/aromatic N) is 1. The maximum Gasteiger partial charge on any atom is 0.137 e. The summed E-state index contributed by atoms with van der Waals surface area (Å²) in [6.45, 7) is 0. The molecule has 14 heavy (non-hydrogen) atoms. The lowest BCUT2D eigenvalue weighted by Gasteiger charge is -2.00. The summed E-state index contributed by atoms with van der Waals surface area (Å²) < 4.78 is 0. The van der Waals surface area contributed by atoms with Crippen molar-refractivity contribution in [1.82, 2.24) is 4.98 Å². The third-order valence-electron chi connectivity index (χ3n) is 1.82. The summed E-state index contributed by atoms with van der Waals surface area (Å²) in [5.41, 5.74) is 1.94. The second-order valence-electron chi connectivity index (χ2n) is 2.78. The Morgan fingerprint density at radius 1 is 1.00 bits per heavy atom. The summed E-state index contributed by atoms with van der Waals surface area (Å²) in [6, 6.07) is 12.3. The largest absolute Gasteiger partial charge is 0.244 e. The molecular formula is C11H6Cl2N. The highest BCUT2D eigenvalue weighted by Gasteiger charge is 1.98. The topological polar surface area (TPSA) is 12.9 Å². The first-order valence-electron chi connectivity index (χ1n) is 4.05. The predicted octanol–water partition coefficient (Wildman–Crippen LogP) is 3.86. The van der Waals surface area contributed by atoms with Crippen LogP contribution >= 0.6 is 23.2 Å². The van der Waals surface area contributed by atoms with Crippen LogP contribution in [-0.2, 0) is 0 Å². The van der Waals surface area contributed by atoms with Gasteiger partial charge in [0.25, 0.3) is 0 Å². The zero-order valence-corrected chi connectivity index (χ0v) is 8.68. The molecule has 1 aromatic carbocycles. The van der Waals surface area contributed by atoms with E-state index in [0.717, 1.165) is 11.1 Å². The monoisotopic (exact) mass is 222 g/mol. The van der Waals surface area contributed by atoms with Gasteiger partial charge >= 0.3 is 0 Å². The molecule has 1 nitrogen and oxygen atoms in total. The van der Waals surface area contributed by atoms with Gasteiger partial charge in [0.2, 0.25) is 0 Å². The molecule has 2 rings (SSSR count). The summed E-state index contributed by atoms with van der Waals surface area (Å²) >= 11 is 11.5. The Labute approximate surface area is 92.3 Å². The van der Waals surface area contributed by atoms with Crippen LogP contribution in [0.15, 0.2) is 36.5 Å². The number of hydrogen-bond acceptors (Lipinski definition) is 1. The highest BCUT2D eigenvalue weighted by atomic mass is 35.5. The Morgan fingerprint density at radius 3 is 2.36 bits per heavy atom. The first kappa shape index (κ1) is 9.50. The van der Waals surface area contributed by atoms with Crippen molar-refractivity contribution in [2.75, 3.05) is 0 Å². The molecule has 0 aliphatic rings. The number of aromatic nitrogens is 1. The van der Waals surface area contributed by atoms with E-state index < -0.39 is 0 Å². The number of benzene rings is 1. The van der Waals surface area contributed by atoms with Crippen molar-refractivity contribution in [1.29, 1.82) is 0 Å². The molecule has 0 unspecified atom stereocenters. The molecule has 0 amide bonds. The van der Waals surface area contributed by atoms with Crippen LogP contribution in [0.1, 0.15) is 0 Å². The number of pyridine rings is 1. The molecule has 1 aromatic heterocycles. The van der Waals surface area contributed by atoms with Gasteiger partial charge in [-0.15, -0.1) is 0 Å². The molecule has 0 aliphatic heterocycles. The van der Waals surface area contributed by atoms with Gasteiger partial charge in [-0.1, -0.05) is 35.3 Å². The molecule has 1 heterocycles. The van der Waals surface area contributed by atoms with E-state index >= 15 is 0 Å². The van der Waals surface area contributed by atoms with Crippen LogP contribution in [0.3, 0.4) is 0 Å². The van der Waals surface area contributed by atoms with Gasteiger partial charge < -0.3 is 0 Å². The van der Waals surface area contributed by atoms with E-state index in [-0.39, 0.29) is 0 Å². The van der Waals surface area contributed by atoms with Crippen molar-refractivity contribution < 1.29 is 0 Å². The smallest absolute Gasteiger partial charge is 0.137 e. The van der Waals surface area contributed by atoms with Gasteiger partial charge in [0.1, 0.15) is 5.15 Å². The van der Waals surface area contributed by atoms with Crippen LogP contribution in [0.4, 0.5) is 0 Å². The zero-order valence-electron chi connectivity index (χ0n) is 7.17. The Morgan fingerprint density at radius 2 is 1.71 bits per heavy atom. The lowest BCUT2D eigenvalue weighted by atomic mass is 10.1. The number of halogens is 2. The average molecular weight is 223 g/mol. The SMILES string of the molecule is Clc1ccc(-c2[c]c(Cl)ncc2)cc1. The van der Waals surface area contributed by atoms with Crippen molar-refractivity contribution in [2.45, 2.75) is 0 Å². The van der Waals surface area contributed by atoms with Gasteiger partial charge in [0, 0.05) is 17.3 Å². The standard InChI is InChI=1S/C11H6Cl2N/c12-10-3-1-8(2-4-10)9-5-6-14-11(13)7-9/h1-6H. The van der Waals surface area contributed by atoms with Crippen LogP contribution in [0.2, 0.25) is 10.2 Å². The van der Waals surface area contributed by atoms with E-state index in [9.17, 15) is 0 Å². The maximum absolute atomic E-state index is 5.78. The minimum absolute atomic E-state index is 0.373. The maximum atomic E-state index is 5.78. The normalized spacial score (nSPS) is 10.1. The third-order valence-corrected chi connectivity index (χ3v) is 2.27. The molecule has 69 valence electrons. The quantitative estimate of drug-likeness (QED) is 0.669. The number of rotatable bonds is 1. The van der Waals surface area contributed by atoms with Crippen molar-refractivity contribution in [3.8, 4) is 11.1 Å². The molecule has 3 heteroatoms. The Balaban J connectivity index is 2.44. The minimum Gasteiger partial charge on any atom is -0.244 e. The predicted molar refractivity (Wildman–Crippen MR) is 58.5 cm³/mol. The molecular weight excluding hydrogens is 217 g/mol. The summed E-state index contributed by atoms with van der Waals surface area (Å²) in [4.78, 5) is 3.87. The van der Waals surface area contributed by atoms with Crippen molar-refractivity contribution in [2.24, 2.45) is 0 Å². The molecule has 0 fully saturated rings. The van der Waals surface area contributed by atoms with Crippen LogP contribution in [0.5, 0.6) is 0 Å². The summed E-state index contributed by atoms with van der Waals surface area (Å²) in [5.74, 6) is 0. The first-order valence-corrected chi connectivity index (χ1v) is 4.81. The zero-order chi connectivity index (χ0) is 9.97. The van der Waals surface area contributed by atoms with E-state index in [1.165, 1.54) is 0 Å². The highest BCUT2D eigenvalue weighted by Crippen LogP contribution is 2.22. The van der Waals surface area contributed by atoms with Crippen molar-refractivity contribution in [3.05, 3.63) is 52.8 Å². The second kappa shape index (κ2) is 3.99. The Kier molecular flexibility index (Phi) is 2.71. The fourth-order valence-electron chi connectivity index (χ4n) is 1.16. The number of hydrogen-bond donors (Lipinski definition) is 0. The summed E-state index contributed by atoms with van der Waals surface area (Å²) in [5, 5.41) is 1.09. The Bertz CT molecular complexity index is 437. The van der Waals surface area contributed by atoms with Crippen molar-refractivity contribution in [3.63, 3.8) is 0 Å². The van der Waals surface area contributed by atoms with Gasteiger partial charge in [0.15, 0.2) is 0 Å². The van der Waals surface area contributed by atoms with Crippen LogP contribution in [0, 0.1) is 6.07 Å². The van der Waals surface area contributed by atoms with Gasteiger partial charge in [-0.3, -0.25) is 0 Å². The highest BCUT2D eigenvalue weighted by molar-refractivity contribution is 6.30. The van der Waals surface area contributed by atoms with E-state index in [1.807, 2.05) is 30.3 Å². The van der Waals surface area contributed by atoms with Crippen molar-refractivity contribution >= 4 is 23.2 Å². The molecule has 0 saturated carbocycles. The molecule has 0 aliphatic carbocycles. The van der Waals surface area contributed by atoms with Gasteiger partial charge in [0.05, 0.1) is 0 Å². The molecule has 0 N–H and O–H groups in total. The second-order valence-corrected chi connectivity index (χ2v) is 3.58. The molecule has 0 saturated heterocycles. The average Bonchev–Trinajstić information content (AvgIpc) is 2.19. The Hall–Kier alpha value is -1.05. The van der Waals surface area contributed by atoms with E-state index in [0.29, 0.717) is 10.2 Å². The lowest BCUT2D eigenvalue weighted by molar-refractivity contribution is 1.32. The summed E-state index contributed by atoms with van der Waals surface area (Å²) in [7, 11) is 0. The van der Waals surface area contributed by atoms with Gasteiger partial charge in [-0.2, -0.15) is 0 Å². The molecule has 2 aromatic rings. The van der Waals surface area contributed by atoms with E-state index in [2.05, 4.69) is 11.1 Å². The fourth-order valence-corrected chi connectivity index (χ4v) is 1.44. The van der Waals surface area contributed by atoms with Crippen LogP contribution < -0.4 is 0 Å². The lowest BCUT2D eigenvalue weighted by Crippen LogP contribution is -1.80. The fraction of sp³-hybridized carbons (Fsp3) is 0. The van der Waals surface area contributed by atoms with Gasteiger partial charge in [-0.25, -0.2) is 4.98 Å².